The number of hydrogen-bond acceptors (Lipinski definition) is 4. The van der Waals surface area contributed by atoms with Gasteiger partial charge in [0.1, 0.15) is 0 Å². The molecular weight excluding hydrogens is 341 g/mol. The molecule has 7 nitrogen and oxygen atoms in total. The Balaban J connectivity index is 1.28. The van der Waals surface area contributed by atoms with Crippen LogP contribution in [0.5, 0.6) is 0 Å². The molecule has 2 saturated carbocycles. The molecule has 0 atom stereocenters. The van der Waals surface area contributed by atoms with Crippen molar-refractivity contribution >= 4 is 11.8 Å². The Labute approximate surface area is 148 Å². The molecule has 0 saturated heterocycles. The zero-order chi connectivity index (χ0) is 18.3. The zero-order valence-electron chi connectivity index (χ0n) is 13.9. The fourth-order valence-corrected chi connectivity index (χ4v) is 3.09. The number of pyridine rings is 1. The molecule has 2 amide bonds. The van der Waals surface area contributed by atoms with Crippen LogP contribution in [0, 0.1) is 6.01 Å². The van der Waals surface area contributed by atoms with Gasteiger partial charge in [0.2, 0.25) is 0 Å². The number of carbonyl (C=O) groups is 2. The van der Waals surface area contributed by atoms with Gasteiger partial charge < -0.3 is 19.6 Å². The van der Waals surface area contributed by atoms with Crippen molar-refractivity contribution in [3.8, 4) is 0 Å². The first-order valence-electron chi connectivity index (χ1n) is 8.59. The van der Waals surface area contributed by atoms with Crippen molar-refractivity contribution < 1.29 is 18.4 Å². The lowest BCUT2D eigenvalue weighted by molar-refractivity contribution is 0.0839. The van der Waals surface area contributed by atoms with Crippen molar-refractivity contribution in [3.05, 3.63) is 58.2 Å². The molecule has 2 heterocycles. The van der Waals surface area contributed by atoms with E-state index in [-0.39, 0.29) is 35.4 Å². The molecule has 26 heavy (non-hydrogen) atoms. The number of aromatic nitrogens is 1. The summed E-state index contributed by atoms with van der Waals surface area (Å²) in [6.07, 6.45) is 4.72. The highest BCUT2D eigenvalue weighted by Crippen LogP contribution is 2.33. The minimum Gasteiger partial charge on any atom is -0.426 e. The monoisotopic (exact) mass is 359 g/mol. The third kappa shape index (κ3) is 3.40. The Bertz CT molecular complexity index is 909. The topological polar surface area (TPSA) is 93.3 Å². The largest absolute Gasteiger partial charge is 0.426 e. The summed E-state index contributed by atoms with van der Waals surface area (Å²) in [7, 11) is 0. The Morgan fingerprint density at radius 1 is 1.04 bits per heavy atom. The van der Waals surface area contributed by atoms with E-state index in [1.165, 1.54) is 18.2 Å². The first-order valence-corrected chi connectivity index (χ1v) is 8.59. The van der Waals surface area contributed by atoms with Crippen LogP contribution in [-0.4, -0.2) is 28.5 Å². The van der Waals surface area contributed by atoms with E-state index >= 15 is 0 Å². The van der Waals surface area contributed by atoms with E-state index in [0.717, 1.165) is 18.9 Å². The second-order valence-electron chi connectivity index (χ2n) is 6.81. The van der Waals surface area contributed by atoms with Gasteiger partial charge in [-0.25, -0.2) is 0 Å². The summed E-state index contributed by atoms with van der Waals surface area (Å²) in [4.78, 5) is 36.0. The van der Waals surface area contributed by atoms with Crippen molar-refractivity contribution in [2.24, 2.45) is 0 Å². The molecule has 136 valence electrons. The molecule has 0 aromatic carbocycles. The van der Waals surface area contributed by atoms with Gasteiger partial charge in [-0.1, -0.05) is 0 Å². The number of hydrogen-bond donors (Lipinski definition) is 2. The molecule has 2 aliphatic carbocycles. The smallest absolute Gasteiger partial charge is 0.287 e. The van der Waals surface area contributed by atoms with Crippen LogP contribution >= 0.6 is 0 Å². The van der Waals surface area contributed by atoms with Crippen LogP contribution in [0.1, 0.15) is 52.6 Å². The van der Waals surface area contributed by atoms with Crippen LogP contribution in [0.4, 0.5) is 4.39 Å². The van der Waals surface area contributed by atoms with Gasteiger partial charge in [-0.3, -0.25) is 14.4 Å². The van der Waals surface area contributed by atoms with E-state index in [4.69, 9.17) is 0 Å². The standard InChI is InChI=1S/C18H18FN3O4/c19-15-5-4-14(26-15)18(25)21-12-7-11(8-12)20-17(24)10-1-6-16(23)22(9-10)13-2-3-13/h1,4-6,9,11-13H,2-3,7-8H2,(H,20,24)(H,21,25). The molecule has 4 rings (SSSR count). The maximum atomic E-state index is 12.8. The molecule has 0 aliphatic heterocycles. The average Bonchev–Trinajstić information content (AvgIpc) is 3.33. The predicted octanol–water partition coefficient (Wildman–Crippen LogP) is 1.61. The van der Waals surface area contributed by atoms with Crippen LogP contribution in [0.15, 0.2) is 39.7 Å². The summed E-state index contributed by atoms with van der Waals surface area (Å²) in [5.41, 5.74) is 0.361. The summed E-state index contributed by atoms with van der Waals surface area (Å²) in [6, 6.07) is 4.56. The van der Waals surface area contributed by atoms with Crippen molar-refractivity contribution in [2.75, 3.05) is 0 Å². The van der Waals surface area contributed by atoms with Crippen molar-refractivity contribution in [2.45, 2.75) is 43.8 Å². The molecular formula is C18H18FN3O4. The van der Waals surface area contributed by atoms with Crippen molar-refractivity contribution in [1.29, 1.82) is 0 Å². The number of nitrogens with zero attached hydrogens (tertiary/aromatic N) is 1. The quantitative estimate of drug-likeness (QED) is 0.848. The molecule has 2 aliphatic rings. The summed E-state index contributed by atoms with van der Waals surface area (Å²) in [6.45, 7) is 0. The molecule has 8 heteroatoms. The van der Waals surface area contributed by atoms with E-state index in [2.05, 4.69) is 15.1 Å². The van der Waals surface area contributed by atoms with Gasteiger partial charge in [0.25, 0.3) is 23.4 Å². The van der Waals surface area contributed by atoms with Crippen LogP contribution in [-0.2, 0) is 0 Å². The number of halogens is 1. The van der Waals surface area contributed by atoms with Crippen LogP contribution in [0.25, 0.3) is 0 Å². The van der Waals surface area contributed by atoms with Crippen molar-refractivity contribution in [1.82, 2.24) is 15.2 Å². The molecule has 0 unspecified atom stereocenters. The van der Waals surface area contributed by atoms with Gasteiger partial charge in [-0.2, -0.15) is 4.39 Å². The minimum absolute atomic E-state index is 0.0533. The Morgan fingerprint density at radius 3 is 2.35 bits per heavy atom. The lowest BCUT2D eigenvalue weighted by Gasteiger charge is -2.36. The van der Waals surface area contributed by atoms with Crippen LogP contribution < -0.4 is 16.2 Å². The first-order chi connectivity index (χ1) is 12.5. The number of amides is 2. The van der Waals surface area contributed by atoms with E-state index in [9.17, 15) is 18.8 Å². The molecule has 0 spiro atoms. The number of rotatable bonds is 5. The highest BCUT2D eigenvalue weighted by molar-refractivity contribution is 5.94. The van der Waals surface area contributed by atoms with Crippen LogP contribution in [0.2, 0.25) is 0 Å². The number of nitrogens with one attached hydrogen (secondary N) is 2. The minimum atomic E-state index is -0.804. The van der Waals surface area contributed by atoms with Gasteiger partial charge in [-0.05, 0) is 37.8 Å². The Kier molecular flexibility index (Phi) is 4.10. The number of carbonyl (C=O) groups excluding carboxylic acids is 2. The normalized spacial score (nSPS) is 21.7. The molecule has 0 radical (unpaired) electrons. The molecule has 2 aromatic heterocycles. The summed E-state index contributed by atoms with van der Waals surface area (Å²) < 4.78 is 19.0. The second kappa shape index (κ2) is 6.44. The lowest BCUT2D eigenvalue weighted by Crippen LogP contribution is -2.53. The van der Waals surface area contributed by atoms with E-state index in [1.54, 1.807) is 10.8 Å². The fourth-order valence-electron chi connectivity index (χ4n) is 3.09. The predicted molar refractivity (Wildman–Crippen MR) is 89.4 cm³/mol. The Morgan fingerprint density at radius 2 is 1.73 bits per heavy atom. The maximum Gasteiger partial charge on any atom is 0.287 e. The second-order valence-corrected chi connectivity index (χ2v) is 6.81. The zero-order valence-corrected chi connectivity index (χ0v) is 13.9. The third-order valence-corrected chi connectivity index (χ3v) is 4.75. The molecule has 2 N–H and O–H groups in total. The molecule has 2 aromatic rings. The van der Waals surface area contributed by atoms with Gasteiger partial charge in [-0.15, -0.1) is 0 Å². The maximum absolute atomic E-state index is 12.8. The Hall–Kier alpha value is -2.90. The summed E-state index contributed by atoms with van der Waals surface area (Å²) in [5.74, 6) is -0.778. The molecule has 2 fully saturated rings. The summed E-state index contributed by atoms with van der Waals surface area (Å²) in [5, 5.41) is 5.63. The van der Waals surface area contributed by atoms with Gasteiger partial charge in [0.15, 0.2) is 5.76 Å². The van der Waals surface area contributed by atoms with E-state index < -0.39 is 11.9 Å². The number of furan rings is 1. The third-order valence-electron chi connectivity index (χ3n) is 4.75. The van der Waals surface area contributed by atoms with E-state index in [1.807, 2.05) is 0 Å². The lowest BCUT2D eigenvalue weighted by atomic mass is 9.86. The SMILES string of the molecule is O=C(NC1CC(NC(=O)c2ccc(F)o2)C1)c1ccc(=O)n(C2CC2)c1. The van der Waals surface area contributed by atoms with Gasteiger partial charge in [0, 0.05) is 36.5 Å². The average molecular weight is 359 g/mol. The van der Waals surface area contributed by atoms with Crippen molar-refractivity contribution in [3.63, 3.8) is 0 Å². The first kappa shape index (κ1) is 16.6. The van der Waals surface area contributed by atoms with Crippen LogP contribution in [0.3, 0.4) is 0 Å². The highest BCUT2D eigenvalue weighted by Gasteiger charge is 2.32. The van der Waals surface area contributed by atoms with Gasteiger partial charge in [0.05, 0.1) is 5.56 Å². The fraction of sp³-hybridized carbons (Fsp3) is 0.389. The highest BCUT2D eigenvalue weighted by atomic mass is 19.1. The summed E-state index contributed by atoms with van der Waals surface area (Å²) >= 11 is 0. The van der Waals surface area contributed by atoms with Gasteiger partial charge >= 0.3 is 0 Å². The molecule has 0 bridgehead atoms. The van der Waals surface area contributed by atoms with E-state index in [0.29, 0.717) is 18.4 Å².